The summed E-state index contributed by atoms with van der Waals surface area (Å²) in [4.78, 5) is 50.5. The normalized spacial score (nSPS) is 17.3. The summed E-state index contributed by atoms with van der Waals surface area (Å²) in [5.41, 5.74) is 2.46. The van der Waals surface area contributed by atoms with Gasteiger partial charge in [0.15, 0.2) is 0 Å². The van der Waals surface area contributed by atoms with Crippen LogP contribution in [0.2, 0.25) is 0 Å². The lowest BCUT2D eigenvalue weighted by Gasteiger charge is -2.36. The number of hydrogen-bond acceptors (Lipinski definition) is 10. The highest BCUT2D eigenvalue weighted by atomic mass is 31.2. The van der Waals surface area contributed by atoms with Gasteiger partial charge in [-0.2, -0.15) is 0 Å². The summed E-state index contributed by atoms with van der Waals surface area (Å²) in [6.07, 6.45) is 2.21. The van der Waals surface area contributed by atoms with Crippen molar-refractivity contribution >= 4 is 31.2 Å². The Labute approximate surface area is 283 Å². The molecule has 2 saturated heterocycles. The number of carbonyl (C=O) groups is 3. The van der Waals surface area contributed by atoms with Gasteiger partial charge in [-0.25, -0.2) is 9.78 Å². The standard InChI is InChI=1S/C34H50N5O8P/c1-5-8-21-45-34(42)38-19-17-37(18-20-38)33(41)29(15-22-48(43,46-6-2)47-7-3)36-32(40)31-24-27(39-16-14-28(25-39)44-4)23-30(35-31)26-12-10-9-11-13-26/h9-13,23-24,28-29H,5-8,14-22,25H2,1-4H3,(H,36,40). The number of piperazine rings is 1. The lowest BCUT2D eigenvalue weighted by molar-refractivity contribution is -0.134. The summed E-state index contributed by atoms with van der Waals surface area (Å²) in [5, 5.41) is 2.90. The van der Waals surface area contributed by atoms with Crippen LogP contribution in [0.5, 0.6) is 0 Å². The third kappa shape index (κ3) is 10.2. The molecule has 264 valence electrons. The molecule has 48 heavy (non-hydrogen) atoms. The van der Waals surface area contributed by atoms with Gasteiger partial charge in [0.05, 0.1) is 37.8 Å². The molecule has 2 fully saturated rings. The number of aromatic nitrogens is 1. The Bertz CT molecular complexity index is 1400. The summed E-state index contributed by atoms with van der Waals surface area (Å²) in [7, 11) is -1.81. The van der Waals surface area contributed by atoms with Crippen molar-refractivity contribution < 1.29 is 37.5 Å². The minimum absolute atomic E-state index is 0.0218. The molecule has 0 bridgehead atoms. The van der Waals surface area contributed by atoms with Crippen molar-refractivity contribution in [2.24, 2.45) is 0 Å². The second-order valence-corrected chi connectivity index (χ2v) is 14.0. The summed E-state index contributed by atoms with van der Waals surface area (Å²) >= 11 is 0. The molecule has 14 heteroatoms. The minimum Gasteiger partial charge on any atom is -0.449 e. The highest BCUT2D eigenvalue weighted by Crippen LogP contribution is 2.48. The average molecular weight is 688 g/mol. The molecule has 2 aromatic rings. The Morgan fingerprint density at radius 1 is 0.979 bits per heavy atom. The number of methoxy groups -OCH3 is 1. The Balaban J connectivity index is 1.56. The lowest BCUT2D eigenvalue weighted by Crippen LogP contribution is -2.56. The highest BCUT2D eigenvalue weighted by molar-refractivity contribution is 7.53. The first kappa shape index (κ1) is 37.3. The molecule has 0 saturated carbocycles. The van der Waals surface area contributed by atoms with E-state index in [0.29, 0.717) is 31.9 Å². The minimum atomic E-state index is -3.51. The average Bonchev–Trinajstić information content (AvgIpc) is 3.60. The third-order valence-electron chi connectivity index (χ3n) is 8.48. The maximum atomic E-state index is 14.0. The molecule has 0 radical (unpaired) electrons. The van der Waals surface area contributed by atoms with Gasteiger partial charge >= 0.3 is 13.7 Å². The van der Waals surface area contributed by atoms with Crippen LogP contribution in [0, 0.1) is 0 Å². The van der Waals surface area contributed by atoms with Gasteiger partial charge in [-0.3, -0.25) is 14.2 Å². The van der Waals surface area contributed by atoms with E-state index in [1.54, 1.807) is 36.8 Å². The van der Waals surface area contributed by atoms with E-state index >= 15 is 0 Å². The monoisotopic (exact) mass is 687 g/mol. The van der Waals surface area contributed by atoms with Crippen molar-refractivity contribution in [3.8, 4) is 11.3 Å². The molecule has 0 spiro atoms. The van der Waals surface area contributed by atoms with Crippen molar-refractivity contribution in [2.45, 2.75) is 58.6 Å². The van der Waals surface area contributed by atoms with Crippen LogP contribution < -0.4 is 10.2 Å². The zero-order valence-corrected chi connectivity index (χ0v) is 29.5. The van der Waals surface area contributed by atoms with Crippen LogP contribution in [0.25, 0.3) is 11.3 Å². The Kier molecular flexibility index (Phi) is 14.2. The molecule has 13 nitrogen and oxygen atoms in total. The number of nitrogens with zero attached hydrogens (tertiary/aromatic N) is 4. The predicted molar refractivity (Wildman–Crippen MR) is 183 cm³/mol. The molecular formula is C34H50N5O8P. The van der Waals surface area contributed by atoms with E-state index in [2.05, 4.69) is 10.2 Å². The van der Waals surface area contributed by atoms with E-state index in [-0.39, 0.29) is 56.6 Å². The number of nitrogens with one attached hydrogen (secondary N) is 1. The Hall–Kier alpha value is -3.51. The Morgan fingerprint density at radius 3 is 2.29 bits per heavy atom. The maximum Gasteiger partial charge on any atom is 0.409 e. The van der Waals surface area contributed by atoms with Gasteiger partial charge in [0, 0.05) is 57.6 Å². The first-order valence-corrected chi connectivity index (χ1v) is 18.7. The number of amides is 3. The van der Waals surface area contributed by atoms with E-state index in [4.69, 9.17) is 23.5 Å². The van der Waals surface area contributed by atoms with E-state index < -0.39 is 25.6 Å². The highest BCUT2D eigenvalue weighted by Gasteiger charge is 2.34. The second-order valence-electron chi connectivity index (χ2n) is 11.8. The molecular weight excluding hydrogens is 637 g/mol. The fourth-order valence-corrected chi connectivity index (χ4v) is 7.48. The van der Waals surface area contributed by atoms with Crippen LogP contribution in [0.15, 0.2) is 42.5 Å². The molecule has 2 atom stereocenters. The van der Waals surface area contributed by atoms with Crippen LogP contribution in [-0.2, 0) is 27.9 Å². The first-order valence-electron chi connectivity index (χ1n) is 16.9. The van der Waals surface area contributed by atoms with Crippen LogP contribution in [0.3, 0.4) is 0 Å². The first-order chi connectivity index (χ1) is 23.2. The number of anilines is 1. The zero-order valence-electron chi connectivity index (χ0n) is 28.6. The number of carbonyl (C=O) groups excluding carboxylic acids is 3. The predicted octanol–water partition coefficient (Wildman–Crippen LogP) is 4.81. The lowest BCUT2D eigenvalue weighted by atomic mass is 10.1. The van der Waals surface area contributed by atoms with Crippen molar-refractivity contribution in [1.82, 2.24) is 20.1 Å². The molecule has 1 aromatic carbocycles. The third-order valence-corrected chi connectivity index (χ3v) is 10.6. The molecule has 2 aliphatic heterocycles. The number of rotatable bonds is 16. The van der Waals surface area contributed by atoms with Crippen LogP contribution in [-0.4, -0.2) is 117 Å². The van der Waals surface area contributed by atoms with Crippen LogP contribution in [0.4, 0.5) is 10.5 Å². The molecule has 4 rings (SSSR count). The fraction of sp³-hybridized carbons (Fsp3) is 0.588. The molecule has 3 amide bonds. The van der Waals surface area contributed by atoms with E-state index in [1.807, 2.05) is 43.3 Å². The maximum absolute atomic E-state index is 14.0. The van der Waals surface area contributed by atoms with E-state index in [0.717, 1.165) is 37.1 Å². The largest absolute Gasteiger partial charge is 0.449 e. The molecule has 2 aliphatic rings. The molecule has 1 N–H and O–H groups in total. The SMILES string of the molecule is CCCCOC(=O)N1CCN(C(=O)C(CCP(=O)(OCC)OCC)NC(=O)c2cc(N3CCC(OC)C3)cc(-c3ccccc3)n2)CC1. The number of benzene rings is 1. The quantitative estimate of drug-likeness (QED) is 0.193. The van der Waals surface area contributed by atoms with Gasteiger partial charge in [0.25, 0.3) is 5.91 Å². The number of ether oxygens (including phenoxy) is 2. The number of pyridine rings is 1. The summed E-state index contributed by atoms with van der Waals surface area (Å²) < 4.78 is 35.2. The van der Waals surface area contributed by atoms with Crippen molar-refractivity contribution in [1.29, 1.82) is 0 Å². The van der Waals surface area contributed by atoms with Crippen molar-refractivity contribution in [3.05, 3.63) is 48.2 Å². The van der Waals surface area contributed by atoms with Gasteiger partial charge in [-0.1, -0.05) is 43.7 Å². The van der Waals surface area contributed by atoms with Gasteiger partial charge in [-0.15, -0.1) is 0 Å². The number of unbranched alkanes of at least 4 members (excludes halogenated alkanes) is 1. The summed E-state index contributed by atoms with van der Waals surface area (Å²) in [5.74, 6) is -0.875. The Morgan fingerprint density at radius 2 is 1.67 bits per heavy atom. The topological polar surface area (TPSA) is 140 Å². The summed E-state index contributed by atoms with van der Waals surface area (Å²) in [6.45, 7) is 8.77. The van der Waals surface area contributed by atoms with Crippen molar-refractivity contribution in [2.75, 3.05) is 77.3 Å². The van der Waals surface area contributed by atoms with E-state index in [1.165, 1.54) is 0 Å². The molecule has 2 unspecified atom stereocenters. The van der Waals surface area contributed by atoms with Crippen molar-refractivity contribution in [3.63, 3.8) is 0 Å². The van der Waals surface area contributed by atoms with Gasteiger partial charge < -0.3 is 38.5 Å². The molecule has 3 heterocycles. The second kappa shape index (κ2) is 18.3. The van der Waals surface area contributed by atoms with E-state index in [9.17, 15) is 18.9 Å². The van der Waals surface area contributed by atoms with Gasteiger partial charge in [0.1, 0.15) is 11.7 Å². The number of hydrogen-bond donors (Lipinski definition) is 1. The van der Waals surface area contributed by atoms with Gasteiger partial charge in [-0.05, 0) is 45.2 Å². The zero-order chi connectivity index (χ0) is 34.5. The summed E-state index contributed by atoms with van der Waals surface area (Å²) in [6, 6.07) is 12.3. The molecule has 0 aliphatic carbocycles. The smallest absolute Gasteiger partial charge is 0.409 e. The fourth-order valence-electron chi connectivity index (χ4n) is 5.79. The van der Waals surface area contributed by atoms with Crippen LogP contribution >= 0.6 is 7.60 Å². The van der Waals surface area contributed by atoms with Gasteiger partial charge in [0.2, 0.25) is 5.91 Å². The van der Waals surface area contributed by atoms with Crippen LogP contribution in [0.1, 0.15) is 56.9 Å². The molecule has 1 aromatic heterocycles.